The maximum atomic E-state index is 13.0. The summed E-state index contributed by atoms with van der Waals surface area (Å²) in [5, 5.41) is 0. The number of carbonyl (C=O) groups excluding carboxylic acids is 2. The van der Waals surface area contributed by atoms with E-state index in [2.05, 4.69) is 6.92 Å². The molecule has 0 radical (unpaired) electrons. The van der Waals surface area contributed by atoms with Gasteiger partial charge in [0.05, 0.1) is 6.61 Å². The molecule has 1 rings (SSSR count). The van der Waals surface area contributed by atoms with Gasteiger partial charge in [-0.05, 0) is 50.3 Å². The predicted octanol–water partition coefficient (Wildman–Crippen LogP) is 7.09. The minimum Gasteiger partial charge on any atom is -0.465 e. The lowest BCUT2D eigenvalue weighted by Gasteiger charge is -2.27. The number of unbranched alkanes of at least 4 members (excludes halogenated alkanes) is 8. The third kappa shape index (κ3) is 7.77. The number of carbonyl (C=O) groups is 2. The van der Waals surface area contributed by atoms with Gasteiger partial charge < -0.3 is 9.47 Å². The fourth-order valence-corrected chi connectivity index (χ4v) is 3.66. The SMILES string of the molecule is CCCCCCCCCCCOC(=O)C(CC)(CC)C(=O)Oc1cccc(C)c1C. The second-order valence-corrected chi connectivity index (χ2v) is 8.34. The van der Waals surface area contributed by atoms with Crippen LogP contribution in [-0.4, -0.2) is 18.5 Å². The molecule has 30 heavy (non-hydrogen) atoms. The van der Waals surface area contributed by atoms with Crippen LogP contribution in [-0.2, 0) is 14.3 Å². The topological polar surface area (TPSA) is 52.6 Å². The first-order valence-electron chi connectivity index (χ1n) is 11.9. The Bertz CT molecular complexity index is 646. The van der Waals surface area contributed by atoms with Gasteiger partial charge in [0.2, 0.25) is 0 Å². The van der Waals surface area contributed by atoms with E-state index in [1.807, 2.05) is 39.8 Å². The van der Waals surface area contributed by atoms with Crippen molar-refractivity contribution in [2.75, 3.05) is 6.61 Å². The first-order chi connectivity index (χ1) is 14.4. The molecular formula is C26H42O4. The van der Waals surface area contributed by atoms with Crippen LogP contribution in [0.15, 0.2) is 18.2 Å². The van der Waals surface area contributed by atoms with Gasteiger partial charge >= 0.3 is 11.9 Å². The molecular weight excluding hydrogens is 376 g/mol. The summed E-state index contributed by atoms with van der Waals surface area (Å²) in [5.41, 5.74) is 0.719. The zero-order valence-corrected chi connectivity index (χ0v) is 19.9. The molecule has 0 heterocycles. The Kier molecular flexibility index (Phi) is 12.4. The highest BCUT2D eigenvalue weighted by Gasteiger charge is 2.46. The van der Waals surface area contributed by atoms with Crippen LogP contribution >= 0.6 is 0 Å². The molecule has 0 aliphatic heterocycles. The zero-order valence-electron chi connectivity index (χ0n) is 19.9. The summed E-state index contributed by atoms with van der Waals surface area (Å²) >= 11 is 0. The first-order valence-corrected chi connectivity index (χ1v) is 11.9. The minimum atomic E-state index is -1.24. The fourth-order valence-electron chi connectivity index (χ4n) is 3.66. The van der Waals surface area contributed by atoms with Crippen LogP contribution in [0.4, 0.5) is 0 Å². The van der Waals surface area contributed by atoms with Gasteiger partial charge in [-0.2, -0.15) is 0 Å². The average Bonchev–Trinajstić information content (AvgIpc) is 2.74. The summed E-state index contributed by atoms with van der Waals surface area (Å²) in [5.74, 6) is -0.460. The van der Waals surface area contributed by atoms with E-state index in [-0.39, 0.29) is 0 Å². The average molecular weight is 419 g/mol. The van der Waals surface area contributed by atoms with Crippen LogP contribution < -0.4 is 4.74 Å². The maximum absolute atomic E-state index is 13.0. The number of rotatable bonds is 15. The zero-order chi connectivity index (χ0) is 22.4. The van der Waals surface area contributed by atoms with Crippen molar-refractivity contribution in [1.82, 2.24) is 0 Å². The highest BCUT2D eigenvalue weighted by molar-refractivity contribution is 6.00. The molecule has 0 saturated carbocycles. The second kappa shape index (κ2) is 14.2. The van der Waals surface area contributed by atoms with Gasteiger partial charge in [-0.1, -0.05) is 84.3 Å². The largest absolute Gasteiger partial charge is 0.465 e. The predicted molar refractivity (Wildman–Crippen MR) is 123 cm³/mol. The van der Waals surface area contributed by atoms with Crippen molar-refractivity contribution in [2.24, 2.45) is 5.41 Å². The second-order valence-electron chi connectivity index (χ2n) is 8.34. The van der Waals surface area contributed by atoms with Crippen LogP contribution in [0.3, 0.4) is 0 Å². The molecule has 0 unspecified atom stereocenters. The van der Waals surface area contributed by atoms with Crippen molar-refractivity contribution < 1.29 is 19.1 Å². The lowest BCUT2D eigenvalue weighted by atomic mass is 9.82. The van der Waals surface area contributed by atoms with Crippen LogP contribution in [0, 0.1) is 19.3 Å². The van der Waals surface area contributed by atoms with E-state index in [1.54, 1.807) is 6.07 Å². The lowest BCUT2D eigenvalue weighted by Crippen LogP contribution is -2.42. The van der Waals surface area contributed by atoms with Crippen LogP contribution in [0.1, 0.15) is 103 Å². The van der Waals surface area contributed by atoms with Crippen LogP contribution in [0.5, 0.6) is 5.75 Å². The van der Waals surface area contributed by atoms with E-state index in [1.165, 1.54) is 44.9 Å². The molecule has 0 aromatic heterocycles. The molecule has 0 aliphatic rings. The van der Waals surface area contributed by atoms with Crippen molar-refractivity contribution >= 4 is 11.9 Å². The third-order valence-corrected chi connectivity index (χ3v) is 6.23. The van der Waals surface area contributed by atoms with Crippen molar-refractivity contribution in [3.63, 3.8) is 0 Å². The van der Waals surface area contributed by atoms with Gasteiger partial charge in [-0.3, -0.25) is 9.59 Å². The van der Waals surface area contributed by atoms with Crippen molar-refractivity contribution in [2.45, 2.75) is 105 Å². The summed E-state index contributed by atoms with van der Waals surface area (Å²) in [4.78, 5) is 25.8. The van der Waals surface area contributed by atoms with Gasteiger partial charge in [-0.15, -0.1) is 0 Å². The normalized spacial score (nSPS) is 11.4. The number of esters is 2. The number of hydrogen-bond acceptors (Lipinski definition) is 4. The molecule has 0 aliphatic carbocycles. The molecule has 0 N–H and O–H groups in total. The summed E-state index contributed by atoms with van der Waals surface area (Å²) in [6, 6.07) is 5.59. The highest BCUT2D eigenvalue weighted by Crippen LogP contribution is 2.32. The molecule has 4 nitrogen and oxygen atoms in total. The Morgan fingerprint density at radius 2 is 1.37 bits per heavy atom. The molecule has 0 saturated heterocycles. The van der Waals surface area contributed by atoms with Gasteiger partial charge in [0, 0.05) is 0 Å². The molecule has 1 aromatic rings. The molecule has 0 spiro atoms. The minimum absolute atomic E-state index is 0.365. The number of ether oxygens (including phenoxy) is 2. The standard InChI is InChI=1S/C26H42O4/c1-6-9-10-11-12-13-14-15-16-20-29-24(27)26(7-2,8-3)25(28)30-23-19-17-18-21(4)22(23)5/h17-19H,6-16,20H2,1-5H3. The van der Waals surface area contributed by atoms with Gasteiger partial charge in [-0.25, -0.2) is 0 Å². The summed E-state index contributed by atoms with van der Waals surface area (Å²) in [6.07, 6.45) is 11.6. The van der Waals surface area contributed by atoms with E-state index >= 15 is 0 Å². The monoisotopic (exact) mass is 418 g/mol. The molecule has 0 amide bonds. The molecule has 4 heteroatoms. The summed E-state index contributed by atoms with van der Waals surface area (Å²) in [7, 11) is 0. The van der Waals surface area contributed by atoms with E-state index < -0.39 is 17.4 Å². The summed E-state index contributed by atoms with van der Waals surface area (Å²) in [6.45, 7) is 10.2. The third-order valence-electron chi connectivity index (χ3n) is 6.23. The van der Waals surface area contributed by atoms with E-state index in [0.717, 1.165) is 24.0 Å². The molecule has 0 bridgehead atoms. The Labute approximate surface area is 183 Å². The molecule has 1 aromatic carbocycles. The van der Waals surface area contributed by atoms with Crippen LogP contribution in [0.2, 0.25) is 0 Å². The Hall–Kier alpha value is -1.84. The van der Waals surface area contributed by atoms with Gasteiger partial charge in [0.25, 0.3) is 0 Å². The fraction of sp³-hybridized carbons (Fsp3) is 0.692. The van der Waals surface area contributed by atoms with E-state index in [0.29, 0.717) is 25.2 Å². The number of hydrogen-bond donors (Lipinski definition) is 0. The molecule has 0 fully saturated rings. The van der Waals surface area contributed by atoms with Crippen molar-refractivity contribution in [3.8, 4) is 5.75 Å². The Balaban J connectivity index is 2.49. The Morgan fingerprint density at radius 3 is 1.93 bits per heavy atom. The smallest absolute Gasteiger partial charge is 0.328 e. The van der Waals surface area contributed by atoms with Crippen LogP contribution in [0.25, 0.3) is 0 Å². The van der Waals surface area contributed by atoms with E-state index in [9.17, 15) is 9.59 Å². The number of aryl methyl sites for hydroxylation is 1. The number of benzene rings is 1. The molecule has 170 valence electrons. The first kappa shape index (κ1) is 26.2. The Morgan fingerprint density at radius 1 is 0.800 bits per heavy atom. The highest BCUT2D eigenvalue weighted by atomic mass is 16.6. The van der Waals surface area contributed by atoms with Crippen molar-refractivity contribution in [3.05, 3.63) is 29.3 Å². The maximum Gasteiger partial charge on any atom is 0.328 e. The molecule has 0 atom stereocenters. The quantitative estimate of drug-likeness (QED) is 0.132. The van der Waals surface area contributed by atoms with E-state index in [4.69, 9.17) is 9.47 Å². The lowest BCUT2D eigenvalue weighted by molar-refractivity contribution is -0.168. The van der Waals surface area contributed by atoms with Gasteiger partial charge in [0.1, 0.15) is 5.75 Å². The van der Waals surface area contributed by atoms with Gasteiger partial charge in [0.15, 0.2) is 5.41 Å². The van der Waals surface area contributed by atoms with Crippen molar-refractivity contribution in [1.29, 1.82) is 0 Å². The summed E-state index contributed by atoms with van der Waals surface area (Å²) < 4.78 is 11.2.